The third-order valence-corrected chi connectivity index (χ3v) is 16.4. The summed E-state index contributed by atoms with van der Waals surface area (Å²) in [7, 11) is 0. The first-order valence-corrected chi connectivity index (χ1v) is 36.0. The number of rotatable bonds is 67. The van der Waals surface area contributed by atoms with Gasteiger partial charge in [-0.25, -0.2) is 0 Å². The van der Waals surface area contributed by atoms with E-state index in [1.54, 1.807) is 0 Å². The molecule has 6 nitrogen and oxygen atoms in total. The van der Waals surface area contributed by atoms with Crippen LogP contribution in [0.1, 0.15) is 400 Å². The summed E-state index contributed by atoms with van der Waals surface area (Å²) in [6.45, 7) is 6.71. The molecule has 6 heteroatoms. The van der Waals surface area contributed by atoms with Crippen molar-refractivity contribution in [1.82, 2.24) is 0 Å². The first-order chi connectivity index (χ1) is 39.5. The van der Waals surface area contributed by atoms with Crippen molar-refractivity contribution in [1.29, 1.82) is 0 Å². The summed E-state index contributed by atoms with van der Waals surface area (Å²) >= 11 is 0. The van der Waals surface area contributed by atoms with Gasteiger partial charge in [-0.05, 0) is 57.8 Å². The molecule has 0 aliphatic heterocycles. The molecule has 470 valence electrons. The number of ether oxygens (including phenoxy) is 3. The van der Waals surface area contributed by atoms with E-state index in [9.17, 15) is 14.4 Å². The Balaban J connectivity index is 4.26. The fourth-order valence-electron chi connectivity index (χ4n) is 11.0. The molecule has 0 rings (SSSR count). The standard InChI is InChI=1S/C74H138O6/c1-4-7-10-13-16-19-22-25-28-30-32-34-36-37-39-40-42-44-46-49-52-55-58-61-64-67-73(76)79-70-71(69-78-72(75)66-63-60-57-54-51-48-27-24-21-18-15-12-9-6-3)80-74(77)68-65-62-59-56-53-50-47-45-43-41-38-35-33-31-29-26-23-20-17-14-11-8-5-2/h22,25,30,32,36-37,71H,4-21,23-24,26-29,31,33-35,38-70H2,1-3H3/b25-22-,32-30-,37-36-. The van der Waals surface area contributed by atoms with E-state index >= 15 is 0 Å². The van der Waals surface area contributed by atoms with Crippen LogP contribution in [0.25, 0.3) is 0 Å². The molecule has 0 aromatic heterocycles. The van der Waals surface area contributed by atoms with Gasteiger partial charge in [0.25, 0.3) is 0 Å². The van der Waals surface area contributed by atoms with Crippen molar-refractivity contribution in [3.05, 3.63) is 36.5 Å². The number of hydrogen-bond acceptors (Lipinski definition) is 6. The first-order valence-electron chi connectivity index (χ1n) is 36.0. The molecule has 0 bridgehead atoms. The minimum Gasteiger partial charge on any atom is -0.462 e. The van der Waals surface area contributed by atoms with Crippen LogP contribution in [0.15, 0.2) is 36.5 Å². The van der Waals surface area contributed by atoms with Crippen LogP contribution in [0.4, 0.5) is 0 Å². The maximum atomic E-state index is 13.0. The van der Waals surface area contributed by atoms with Gasteiger partial charge in [-0.3, -0.25) is 14.4 Å². The largest absolute Gasteiger partial charge is 0.462 e. The molecule has 0 fully saturated rings. The number of allylic oxidation sites excluding steroid dienone is 6. The van der Waals surface area contributed by atoms with Crippen molar-refractivity contribution in [3.8, 4) is 0 Å². The van der Waals surface area contributed by atoms with Gasteiger partial charge in [-0.1, -0.05) is 359 Å². The topological polar surface area (TPSA) is 78.9 Å². The molecule has 0 aliphatic carbocycles. The molecule has 1 atom stereocenters. The van der Waals surface area contributed by atoms with Gasteiger partial charge in [-0.2, -0.15) is 0 Å². The molecule has 0 aromatic carbocycles. The molecule has 0 aliphatic rings. The highest BCUT2D eigenvalue weighted by Crippen LogP contribution is 2.19. The average Bonchev–Trinajstić information content (AvgIpc) is 3.46. The summed E-state index contributed by atoms with van der Waals surface area (Å²) in [5.74, 6) is -0.839. The van der Waals surface area contributed by atoms with Gasteiger partial charge in [0.05, 0.1) is 0 Å². The summed E-state index contributed by atoms with van der Waals surface area (Å²) in [6.07, 6.45) is 86.0. The Morgan fingerprint density at radius 1 is 0.250 bits per heavy atom. The monoisotopic (exact) mass is 1120 g/mol. The highest BCUT2D eigenvalue weighted by atomic mass is 16.6. The van der Waals surface area contributed by atoms with Crippen LogP contribution >= 0.6 is 0 Å². The minimum atomic E-state index is -0.771. The van der Waals surface area contributed by atoms with Crippen molar-refractivity contribution in [2.24, 2.45) is 0 Å². The summed E-state index contributed by atoms with van der Waals surface area (Å²) in [4.78, 5) is 38.5. The number of carbonyl (C=O) groups is 3. The van der Waals surface area contributed by atoms with Gasteiger partial charge in [0, 0.05) is 19.3 Å². The van der Waals surface area contributed by atoms with Crippen molar-refractivity contribution in [2.75, 3.05) is 13.2 Å². The van der Waals surface area contributed by atoms with Gasteiger partial charge in [0.1, 0.15) is 13.2 Å². The predicted octanol–water partition coefficient (Wildman–Crippen LogP) is 24.7. The second-order valence-corrected chi connectivity index (χ2v) is 24.5. The Morgan fingerprint density at radius 2 is 0.450 bits per heavy atom. The fourth-order valence-corrected chi connectivity index (χ4v) is 11.0. The molecule has 0 spiro atoms. The number of unbranched alkanes of at least 4 members (excludes halogenated alkanes) is 50. The molecule has 80 heavy (non-hydrogen) atoms. The van der Waals surface area contributed by atoms with Crippen LogP contribution in [0, 0.1) is 0 Å². The lowest BCUT2D eigenvalue weighted by Gasteiger charge is -2.18. The van der Waals surface area contributed by atoms with E-state index in [0.29, 0.717) is 19.3 Å². The maximum Gasteiger partial charge on any atom is 0.306 e. The van der Waals surface area contributed by atoms with Gasteiger partial charge in [0.15, 0.2) is 6.10 Å². The summed E-state index contributed by atoms with van der Waals surface area (Å²) in [5, 5.41) is 0. The third-order valence-electron chi connectivity index (χ3n) is 16.4. The summed E-state index contributed by atoms with van der Waals surface area (Å²) < 4.78 is 17.0. The lowest BCUT2D eigenvalue weighted by Crippen LogP contribution is -2.30. The van der Waals surface area contributed by atoms with E-state index in [0.717, 1.165) is 70.6 Å². The van der Waals surface area contributed by atoms with E-state index in [1.807, 2.05) is 0 Å². The Kier molecular flexibility index (Phi) is 67.1. The minimum absolute atomic E-state index is 0.0669. The van der Waals surface area contributed by atoms with Gasteiger partial charge >= 0.3 is 17.9 Å². The van der Waals surface area contributed by atoms with E-state index < -0.39 is 6.10 Å². The quantitative estimate of drug-likeness (QED) is 0.0261. The molecule has 0 saturated carbocycles. The van der Waals surface area contributed by atoms with Crippen molar-refractivity contribution in [2.45, 2.75) is 406 Å². The van der Waals surface area contributed by atoms with E-state index in [2.05, 4.69) is 57.2 Å². The van der Waals surface area contributed by atoms with E-state index in [1.165, 1.54) is 289 Å². The van der Waals surface area contributed by atoms with Crippen molar-refractivity contribution < 1.29 is 28.6 Å². The molecule has 0 radical (unpaired) electrons. The van der Waals surface area contributed by atoms with E-state index in [4.69, 9.17) is 14.2 Å². The summed E-state index contributed by atoms with van der Waals surface area (Å²) in [5.41, 5.74) is 0. The van der Waals surface area contributed by atoms with Gasteiger partial charge in [-0.15, -0.1) is 0 Å². The van der Waals surface area contributed by atoms with Crippen molar-refractivity contribution in [3.63, 3.8) is 0 Å². The zero-order chi connectivity index (χ0) is 57.8. The molecule has 1 unspecified atom stereocenters. The Morgan fingerprint density at radius 3 is 0.700 bits per heavy atom. The molecule has 0 heterocycles. The fraction of sp³-hybridized carbons (Fsp3) is 0.878. The highest BCUT2D eigenvalue weighted by Gasteiger charge is 2.19. The van der Waals surface area contributed by atoms with Crippen LogP contribution in [-0.4, -0.2) is 37.2 Å². The van der Waals surface area contributed by atoms with Gasteiger partial charge < -0.3 is 14.2 Å². The Bertz CT molecular complexity index is 1340. The van der Waals surface area contributed by atoms with Crippen LogP contribution < -0.4 is 0 Å². The second-order valence-electron chi connectivity index (χ2n) is 24.5. The Labute approximate surface area is 499 Å². The average molecular weight is 1120 g/mol. The molecule has 0 N–H and O–H groups in total. The lowest BCUT2D eigenvalue weighted by atomic mass is 10.0. The SMILES string of the molecule is CCCCCCC/C=C\C/C=C\C/C=C\CCCCCCCCCCCCC(=O)OCC(COC(=O)CCCCCCCCCCCCCCCC)OC(=O)CCCCCCCCCCCCCCCCCCCCCCCCC. The lowest BCUT2D eigenvalue weighted by molar-refractivity contribution is -0.167. The van der Waals surface area contributed by atoms with E-state index in [-0.39, 0.29) is 31.1 Å². The molecule has 0 amide bonds. The molecule has 0 aromatic rings. The number of carbonyl (C=O) groups excluding carboxylic acids is 3. The van der Waals surface area contributed by atoms with Gasteiger partial charge in [0.2, 0.25) is 0 Å². The molecule has 0 saturated heterocycles. The van der Waals surface area contributed by atoms with Crippen LogP contribution in [0.5, 0.6) is 0 Å². The maximum absolute atomic E-state index is 13.0. The van der Waals surface area contributed by atoms with Crippen LogP contribution in [0.2, 0.25) is 0 Å². The predicted molar refractivity (Wildman–Crippen MR) is 349 cm³/mol. The van der Waals surface area contributed by atoms with Crippen LogP contribution in [0.3, 0.4) is 0 Å². The molecular formula is C74H138O6. The first kappa shape index (κ1) is 77.6. The smallest absolute Gasteiger partial charge is 0.306 e. The second kappa shape index (κ2) is 69.1. The van der Waals surface area contributed by atoms with Crippen LogP contribution in [-0.2, 0) is 28.6 Å². The number of esters is 3. The number of hydrogen-bond donors (Lipinski definition) is 0. The summed E-state index contributed by atoms with van der Waals surface area (Å²) in [6, 6.07) is 0. The van der Waals surface area contributed by atoms with Crippen molar-refractivity contribution >= 4 is 17.9 Å². The highest BCUT2D eigenvalue weighted by molar-refractivity contribution is 5.71. The zero-order valence-corrected chi connectivity index (χ0v) is 54.1. The third kappa shape index (κ3) is 66.4. The normalized spacial score (nSPS) is 12.2. The Hall–Kier alpha value is -2.37. The zero-order valence-electron chi connectivity index (χ0n) is 54.1. The molecular weight excluding hydrogens is 985 g/mol.